The summed E-state index contributed by atoms with van der Waals surface area (Å²) in [7, 11) is 1.48. The maximum absolute atomic E-state index is 11.9. The molecular formula is C11H17N3O4. The number of hydrogen-bond acceptors (Lipinski definition) is 5. The Morgan fingerprint density at radius 1 is 1.44 bits per heavy atom. The second-order valence-corrected chi connectivity index (χ2v) is 4.52. The molecule has 0 N–H and O–H groups in total. The molecule has 0 bridgehead atoms. The molecule has 100 valence electrons. The average Bonchev–Trinajstić information content (AvgIpc) is 2.52. The smallest absolute Gasteiger partial charge is 0.364 e. The van der Waals surface area contributed by atoms with E-state index < -0.39 is 10.9 Å². The lowest BCUT2D eigenvalue weighted by molar-refractivity contribution is -0.385. The third-order valence-electron chi connectivity index (χ3n) is 2.80. The number of aromatic nitrogens is 2. The van der Waals surface area contributed by atoms with Gasteiger partial charge < -0.3 is 4.74 Å². The van der Waals surface area contributed by atoms with E-state index in [1.165, 1.54) is 18.7 Å². The third kappa shape index (κ3) is 2.66. The fraction of sp³-hybridized carbons (Fsp3) is 0.636. The lowest BCUT2D eigenvalue weighted by Crippen LogP contribution is -2.22. The number of rotatable bonds is 4. The highest BCUT2D eigenvalue weighted by molar-refractivity contribution is 5.92. The van der Waals surface area contributed by atoms with Gasteiger partial charge >= 0.3 is 11.7 Å². The van der Waals surface area contributed by atoms with Crippen molar-refractivity contribution >= 4 is 11.7 Å². The van der Waals surface area contributed by atoms with Crippen LogP contribution in [-0.4, -0.2) is 26.8 Å². The van der Waals surface area contributed by atoms with Crippen LogP contribution in [0.5, 0.6) is 0 Å². The van der Waals surface area contributed by atoms with E-state index in [-0.39, 0.29) is 29.1 Å². The normalized spacial score (nSPS) is 12.6. The number of carbonyl (C=O) groups is 1. The Kier molecular flexibility index (Phi) is 4.05. The predicted octanol–water partition coefficient (Wildman–Crippen LogP) is 1.84. The molecule has 0 aliphatic rings. The lowest BCUT2D eigenvalue weighted by Gasteiger charge is -2.16. The fourth-order valence-corrected chi connectivity index (χ4v) is 1.46. The van der Waals surface area contributed by atoms with Crippen molar-refractivity contribution < 1.29 is 14.5 Å². The first kappa shape index (κ1) is 14.1. The van der Waals surface area contributed by atoms with E-state index in [4.69, 9.17) is 4.74 Å². The molecule has 1 aromatic heterocycles. The molecule has 1 aromatic rings. The third-order valence-corrected chi connectivity index (χ3v) is 2.80. The number of nitro groups is 1. The molecule has 0 radical (unpaired) electrons. The first-order chi connectivity index (χ1) is 8.25. The van der Waals surface area contributed by atoms with Crippen LogP contribution in [0, 0.1) is 23.0 Å². The number of ether oxygens (including phenoxy) is 1. The summed E-state index contributed by atoms with van der Waals surface area (Å²) in [5.74, 6) is -0.576. The molecule has 0 aliphatic carbocycles. The van der Waals surface area contributed by atoms with Crippen molar-refractivity contribution in [1.29, 1.82) is 0 Å². The zero-order valence-corrected chi connectivity index (χ0v) is 11.1. The second kappa shape index (κ2) is 5.16. The Bertz CT molecular complexity index is 479. The SMILES string of the molecule is Cc1nn(C)c(C(=O)O[C@H](C)C(C)C)c1[N+](=O)[O-]. The van der Waals surface area contributed by atoms with E-state index in [0.29, 0.717) is 0 Å². The molecule has 0 unspecified atom stereocenters. The highest BCUT2D eigenvalue weighted by atomic mass is 16.6. The quantitative estimate of drug-likeness (QED) is 0.465. The summed E-state index contributed by atoms with van der Waals surface area (Å²) in [5, 5.41) is 14.8. The summed E-state index contributed by atoms with van der Waals surface area (Å²) in [5.41, 5.74) is -0.213. The summed E-state index contributed by atoms with van der Waals surface area (Å²) < 4.78 is 6.36. The second-order valence-electron chi connectivity index (χ2n) is 4.52. The number of hydrogen-bond donors (Lipinski definition) is 0. The molecule has 1 heterocycles. The summed E-state index contributed by atoms with van der Waals surface area (Å²) in [6.45, 7) is 7.04. The van der Waals surface area contributed by atoms with E-state index in [0.717, 1.165) is 0 Å². The van der Waals surface area contributed by atoms with Crippen LogP contribution in [0.1, 0.15) is 37.0 Å². The van der Waals surface area contributed by atoms with Gasteiger partial charge in [0.25, 0.3) is 0 Å². The molecule has 0 saturated carbocycles. The van der Waals surface area contributed by atoms with Gasteiger partial charge in [-0.1, -0.05) is 13.8 Å². The number of esters is 1. The molecule has 7 heteroatoms. The Labute approximate surface area is 105 Å². The van der Waals surface area contributed by atoms with Crippen molar-refractivity contribution in [2.24, 2.45) is 13.0 Å². The zero-order chi connectivity index (χ0) is 14.0. The number of aryl methyl sites for hydroxylation is 2. The molecule has 0 aliphatic heterocycles. The van der Waals surface area contributed by atoms with E-state index in [1.807, 2.05) is 13.8 Å². The number of nitrogens with zero attached hydrogens (tertiary/aromatic N) is 3. The summed E-state index contributed by atoms with van der Waals surface area (Å²) in [4.78, 5) is 22.2. The van der Waals surface area contributed by atoms with Gasteiger partial charge in [-0.2, -0.15) is 5.10 Å². The minimum absolute atomic E-state index is 0.120. The van der Waals surface area contributed by atoms with Gasteiger partial charge in [0.2, 0.25) is 5.69 Å². The molecule has 1 atom stereocenters. The van der Waals surface area contributed by atoms with Crippen LogP contribution in [0.25, 0.3) is 0 Å². The highest BCUT2D eigenvalue weighted by Gasteiger charge is 2.31. The van der Waals surface area contributed by atoms with Crippen LogP contribution in [0.3, 0.4) is 0 Å². The monoisotopic (exact) mass is 255 g/mol. The van der Waals surface area contributed by atoms with E-state index in [1.54, 1.807) is 6.92 Å². The van der Waals surface area contributed by atoms with E-state index in [9.17, 15) is 14.9 Å². The van der Waals surface area contributed by atoms with Crippen LogP contribution < -0.4 is 0 Å². The maximum atomic E-state index is 11.9. The van der Waals surface area contributed by atoms with Crippen LogP contribution >= 0.6 is 0 Å². The van der Waals surface area contributed by atoms with Gasteiger partial charge in [-0.25, -0.2) is 4.79 Å². The summed E-state index contributed by atoms with van der Waals surface area (Å²) in [6, 6.07) is 0. The van der Waals surface area contributed by atoms with Crippen LogP contribution in [0.4, 0.5) is 5.69 Å². The van der Waals surface area contributed by atoms with Gasteiger partial charge in [0.05, 0.1) is 4.92 Å². The Morgan fingerprint density at radius 2 is 2.00 bits per heavy atom. The topological polar surface area (TPSA) is 87.3 Å². The molecule has 1 rings (SSSR count). The lowest BCUT2D eigenvalue weighted by atomic mass is 10.1. The maximum Gasteiger partial charge on any atom is 0.364 e. The predicted molar refractivity (Wildman–Crippen MR) is 64.3 cm³/mol. The minimum Gasteiger partial charge on any atom is -0.457 e. The molecule has 0 aromatic carbocycles. The van der Waals surface area contributed by atoms with Crippen LogP contribution in [0.15, 0.2) is 0 Å². The Hall–Kier alpha value is -1.92. The van der Waals surface area contributed by atoms with Crippen molar-refractivity contribution in [2.75, 3.05) is 0 Å². The van der Waals surface area contributed by atoms with Crippen molar-refractivity contribution in [2.45, 2.75) is 33.8 Å². The first-order valence-corrected chi connectivity index (χ1v) is 5.64. The molecular weight excluding hydrogens is 238 g/mol. The minimum atomic E-state index is -0.717. The van der Waals surface area contributed by atoms with Gasteiger partial charge in [-0.3, -0.25) is 14.8 Å². The first-order valence-electron chi connectivity index (χ1n) is 5.64. The van der Waals surface area contributed by atoms with Gasteiger partial charge in [0.15, 0.2) is 0 Å². The molecule has 0 fully saturated rings. The van der Waals surface area contributed by atoms with Crippen molar-refractivity contribution in [3.63, 3.8) is 0 Å². The Balaban J connectivity index is 3.09. The van der Waals surface area contributed by atoms with Gasteiger partial charge in [-0.15, -0.1) is 0 Å². The van der Waals surface area contributed by atoms with Crippen molar-refractivity contribution in [3.8, 4) is 0 Å². The average molecular weight is 255 g/mol. The molecule has 18 heavy (non-hydrogen) atoms. The largest absolute Gasteiger partial charge is 0.457 e. The molecule has 0 spiro atoms. The number of carbonyl (C=O) groups excluding carboxylic acids is 1. The fourth-order valence-electron chi connectivity index (χ4n) is 1.46. The van der Waals surface area contributed by atoms with E-state index in [2.05, 4.69) is 5.10 Å². The molecule has 0 amide bonds. The van der Waals surface area contributed by atoms with Gasteiger partial charge in [-0.05, 0) is 19.8 Å². The summed E-state index contributed by atoms with van der Waals surface area (Å²) in [6.07, 6.45) is -0.313. The van der Waals surface area contributed by atoms with Crippen molar-refractivity contribution in [1.82, 2.24) is 9.78 Å². The molecule has 0 saturated heterocycles. The van der Waals surface area contributed by atoms with Crippen LogP contribution in [-0.2, 0) is 11.8 Å². The molecule has 7 nitrogen and oxygen atoms in total. The van der Waals surface area contributed by atoms with Crippen molar-refractivity contribution in [3.05, 3.63) is 21.5 Å². The van der Waals surface area contributed by atoms with Gasteiger partial charge in [0, 0.05) is 7.05 Å². The van der Waals surface area contributed by atoms with Crippen LogP contribution in [0.2, 0.25) is 0 Å². The Morgan fingerprint density at radius 3 is 2.44 bits per heavy atom. The highest BCUT2D eigenvalue weighted by Crippen LogP contribution is 2.23. The summed E-state index contributed by atoms with van der Waals surface area (Å²) >= 11 is 0. The van der Waals surface area contributed by atoms with E-state index >= 15 is 0 Å². The zero-order valence-electron chi connectivity index (χ0n) is 11.1. The standard InChI is InChI=1S/C11H17N3O4/c1-6(2)8(4)18-11(15)10-9(14(16)17)7(3)12-13(10)5/h6,8H,1-5H3/t8-/m1/s1. The van der Waals surface area contributed by atoms with Gasteiger partial charge in [0.1, 0.15) is 11.8 Å².